The van der Waals surface area contributed by atoms with Crippen LogP contribution in [0.15, 0.2) is 18.2 Å². The zero-order valence-electron chi connectivity index (χ0n) is 10.3. The molecular weight excluding hydrogens is 188 g/mol. The van der Waals surface area contributed by atoms with E-state index in [1.165, 1.54) is 11.1 Å². The van der Waals surface area contributed by atoms with Crippen LogP contribution in [0.3, 0.4) is 0 Å². The van der Waals surface area contributed by atoms with Crippen molar-refractivity contribution in [3.05, 3.63) is 29.3 Å². The number of Topliss-reactive ketones (excluding diaryl/α,β-unsaturated/α-hetero) is 1. The van der Waals surface area contributed by atoms with E-state index in [4.69, 9.17) is 4.74 Å². The molecule has 0 fully saturated rings. The van der Waals surface area contributed by atoms with Gasteiger partial charge in [-0.2, -0.15) is 0 Å². The molecule has 2 heteroatoms. The van der Waals surface area contributed by atoms with Crippen molar-refractivity contribution in [3.8, 4) is 5.75 Å². The number of ketones is 1. The smallest absolute Gasteiger partial charge is 0.129 e. The number of rotatable bonds is 2. The first kappa shape index (κ1) is 13.7. The summed E-state index contributed by atoms with van der Waals surface area (Å²) in [5.74, 6) is 1.23. The summed E-state index contributed by atoms with van der Waals surface area (Å²) >= 11 is 0. The van der Waals surface area contributed by atoms with E-state index in [2.05, 4.69) is 19.1 Å². The second-order valence-corrected chi connectivity index (χ2v) is 3.53. The third-order valence-corrected chi connectivity index (χ3v) is 2.06. The molecule has 1 aromatic rings. The van der Waals surface area contributed by atoms with Crippen molar-refractivity contribution < 1.29 is 9.53 Å². The SMILES string of the molecule is CCC(C)=O.COc1cc(C)ccc1C. The van der Waals surface area contributed by atoms with E-state index in [9.17, 15) is 4.79 Å². The molecule has 0 aromatic heterocycles. The lowest BCUT2D eigenvalue weighted by Gasteiger charge is -2.03. The van der Waals surface area contributed by atoms with E-state index in [1.54, 1.807) is 14.0 Å². The number of ether oxygens (including phenoxy) is 1. The molecule has 0 aliphatic heterocycles. The van der Waals surface area contributed by atoms with Crippen molar-refractivity contribution in [2.24, 2.45) is 0 Å². The molecule has 0 amide bonds. The normalized spacial score (nSPS) is 8.87. The molecule has 0 atom stereocenters. The van der Waals surface area contributed by atoms with Crippen LogP contribution in [0.5, 0.6) is 5.75 Å². The first-order chi connectivity index (χ1) is 7.01. The minimum Gasteiger partial charge on any atom is -0.496 e. The van der Waals surface area contributed by atoms with Gasteiger partial charge >= 0.3 is 0 Å². The molecule has 0 spiro atoms. The van der Waals surface area contributed by atoms with Gasteiger partial charge in [0.2, 0.25) is 0 Å². The predicted octanol–water partition coefficient (Wildman–Crippen LogP) is 3.30. The molecule has 1 aromatic carbocycles. The predicted molar refractivity (Wildman–Crippen MR) is 63.4 cm³/mol. The largest absolute Gasteiger partial charge is 0.496 e. The number of benzene rings is 1. The van der Waals surface area contributed by atoms with E-state index >= 15 is 0 Å². The average molecular weight is 208 g/mol. The summed E-state index contributed by atoms with van der Waals surface area (Å²) in [6.07, 6.45) is 0.667. The Kier molecular flexibility index (Phi) is 6.43. The number of carbonyl (C=O) groups excluding carboxylic acids is 1. The maximum absolute atomic E-state index is 9.81. The molecule has 0 saturated heterocycles. The number of carbonyl (C=O) groups is 1. The van der Waals surface area contributed by atoms with Crippen molar-refractivity contribution in [2.45, 2.75) is 34.1 Å². The fourth-order valence-electron chi connectivity index (χ4n) is 0.927. The zero-order chi connectivity index (χ0) is 11.8. The van der Waals surface area contributed by atoms with Gasteiger partial charge in [-0.25, -0.2) is 0 Å². The number of hydrogen-bond acceptors (Lipinski definition) is 2. The second-order valence-electron chi connectivity index (χ2n) is 3.53. The third-order valence-electron chi connectivity index (χ3n) is 2.06. The summed E-state index contributed by atoms with van der Waals surface area (Å²) in [6, 6.07) is 6.18. The molecule has 0 aliphatic carbocycles. The molecule has 0 radical (unpaired) electrons. The van der Waals surface area contributed by atoms with Crippen LogP contribution in [-0.2, 0) is 4.79 Å². The molecule has 84 valence electrons. The van der Waals surface area contributed by atoms with Crippen LogP contribution in [0, 0.1) is 13.8 Å². The van der Waals surface area contributed by atoms with Gasteiger partial charge in [-0.1, -0.05) is 19.1 Å². The molecule has 0 heterocycles. The first-order valence-corrected chi connectivity index (χ1v) is 5.12. The van der Waals surface area contributed by atoms with Gasteiger partial charge in [0, 0.05) is 6.42 Å². The molecule has 0 bridgehead atoms. The van der Waals surface area contributed by atoms with Gasteiger partial charge in [-0.3, -0.25) is 0 Å². The Hall–Kier alpha value is -1.31. The molecule has 0 aliphatic rings. The van der Waals surface area contributed by atoms with Crippen LogP contribution in [-0.4, -0.2) is 12.9 Å². The van der Waals surface area contributed by atoms with Crippen LogP contribution in [0.2, 0.25) is 0 Å². The van der Waals surface area contributed by atoms with Crippen LogP contribution < -0.4 is 4.74 Å². The Morgan fingerprint density at radius 3 is 2.20 bits per heavy atom. The fraction of sp³-hybridized carbons (Fsp3) is 0.462. The van der Waals surface area contributed by atoms with Crippen LogP contribution in [0.4, 0.5) is 0 Å². The number of methoxy groups -OCH3 is 1. The highest BCUT2D eigenvalue weighted by atomic mass is 16.5. The molecule has 15 heavy (non-hydrogen) atoms. The molecule has 0 unspecified atom stereocenters. The lowest BCUT2D eigenvalue weighted by Crippen LogP contribution is -1.86. The number of hydrogen-bond donors (Lipinski definition) is 0. The molecule has 2 nitrogen and oxygen atoms in total. The highest BCUT2D eigenvalue weighted by molar-refractivity contribution is 5.74. The highest BCUT2D eigenvalue weighted by Gasteiger charge is 1.94. The van der Waals surface area contributed by atoms with E-state index in [0.717, 1.165) is 5.75 Å². The Morgan fingerprint density at radius 1 is 1.33 bits per heavy atom. The van der Waals surface area contributed by atoms with Crippen LogP contribution in [0.25, 0.3) is 0 Å². The van der Waals surface area contributed by atoms with Crippen LogP contribution >= 0.6 is 0 Å². The Morgan fingerprint density at radius 2 is 1.87 bits per heavy atom. The van der Waals surface area contributed by atoms with E-state index in [1.807, 2.05) is 19.9 Å². The minimum absolute atomic E-state index is 0.255. The Balaban J connectivity index is 0.000000336. The van der Waals surface area contributed by atoms with E-state index in [0.29, 0.717) is 6.42 Å². The van der Waals surface area contributed by atoms with Gasteiger partial charge in [0.25, 0.3) is 0 Å². The summed E-state index contributed by atoms with van der Waals surface area (Å²) in [7, 11) is 1.70. The Labute approximate surface area is 92.3 Å². The van der Waals surface area contributed by atoms with E-state index in [-0.39, 0.29) is 5.78 Å². The molecule has 1 rings (SSSR count). The first-order valence-electron chi connectivity index (χ1n) is 5.12. The van der Waals surface area contributed by atoms with Crippen molar-refractivity contribution in [1.29, 1.82) is 0 Å². The summed E-state index contributed by atoms with van der Waals surface area (Å²) in [4.78, 5) is 9.81. The van der Waals surface area contributed by atoms with Crippen molar-refractivity contribution >= 4 is 5.78 Å². The van der Waals surface area contributed by atoms with Gasteiger partial charge in [-0.15, -0.1) is 0 Å². The van der Waals surface area contributed by atoms with Crippen LogP contribution in [0.1, 0.15) is 31.4 Å². The quantitative estimate of drug-likeness (QED) is 0.745. The maximum Gasteiger partial charge on any atom is 0.129 e. The monoisotopic (exact) mass is 208 g/mol. The van der Waals surface area contributed by atoms with Crippen molar-refractivity contribution in [2.75, 3.05) is 7.11 Å². The molecular formula is C13H20O2. The van der Waals surface area contributed by atoms with Gasteiger partial charge in [0.15, 0.2) is 0 Å². The maximum atomic E-state index is 9.81. The standard InChI is InChI=1S/C9H12O.C4H8O/c1-7-4-5-8(2)9(6-7)10-3;1-3-4(2)5/h4-6H,1-3H3;3H2,1-2H3. The number of aryl methyl sites for hydroxylation is 2. The van der Waals surface area contributed by atoms with Gasteiger partial charge in [0.1, 0.15) is 11.5 Å². The third kappa shape index (κ3) is 5.89. The van der Waals surface area contributed by atoms with Gasteiger partial charge in [-0.05, 0) is 38.0 Å². The summed E-state index contributed by atoms with van der Waals surface area (Å²) in [6.45, 7) is 7.53. The van der Waals surface area contributed by atoms with Crippen molar-refractivity contribution in [1.82, 2.24) is 0 Å². The topological polar surface area (TPSA) is 26.3 Å². The second kappa shape index (κ2) is 7.04. The average Bonchev–Trinajstić information content (AvgIpc) is 2.22. The summed E-state index contributed by atoms with van der Waals surface area (Å²) in [5, 5.41) is 0. The van der Waals surface area contributed by atoms with Gasteiger partial charge < -0.3 is 9.53 Å². The molecule has 0 N–H and O–H groups in total. The summed E-state index contributed by atoms with van der Waals surface area (Å²) < 4.78 is 5.13. The molecule has 0 saturated carbocycles. The van der Waals surface area contributed by atoms with Gasteiger partial charge in [0.05, 0.1) is 7.11 Å². The van der Waals surface area contributed by atoms with Crippen molar-refractivity contribution in [3.63, 3.8) is 0 Å². The highest BCUT2D eigenvalue weighted by Crippen LogP contribution is 2.17. The Bertz CT molecular complexity index is 316. The zero-order valence-corrected chi connectivity index (χ0v) is 10.3. The lowest BCUT2D eigenvalue weighted by molar-refractivity contribution is -0.116. The van der Waals surface area contributed by atoms with E-state index < -0.39 is 0 Å². The minimum atomic E-state index is 0.255. The lowest BCUT2D eigenvalue weighted by atomic mass is 10.1. The summed E-state index contributed by atoms with van der Waals surface area (Å²) in [5.41, 5.74) is 2.43. The fourth-order valence-corrected chi connectivity index (χ4v) is 0.927.